The summed E-state index contributed by atoms with van der Waals surface area (Å²) < 4.78 is 0. The van der Waals surface area contributed by atoms with Crippen LogP contribution < -0.4 is 16.6 Å². The van der Waals surface area contributed by atoms with E-state index in [9.17, 15) is 0 Å². The van der Waals surface area contributed by atoms with Crippen LogP contribution in [0.5, 0.6) is 0 Å². The fourth-order valence-corrected chi connectivity index (χ4v) is 3.04. The summed E-state index contributed by atoms with van der Waals surface area (Å²) >= 11 is 1.70. The highest BCUT2D eigenvalue weighted by Gasteiger charge is 2.15. The molecule has 0 saturated carbocycles. The van der Waals surface area contributed by atoms with E-state index in [1.54, 1.807) is 11.3 Å². The van der Waals surface area contributed by atoms with Gasteiger partial charge in [0.05, 0.1) is 16.7 Å². The van der Waals surface area contributed by atoms with Crippen LogP contribution in [-0.4, -0.2) is 15.0 Å². The number of rotatable bonds is 5. The number of aromatic nitrogens is 3. The minimum atomic E-state index is 0.136. The Kier molecular flexibility index (Phi) is 4.74. The van der Waals surface area contributed by atoms with E-state index in [1.165, 1.54) is 4.88 Å². The van der Waals surface area contributed by atoms with Crippen molar-refractivity contribution in [1.82, 2.24) is 15.0 Å². The first-order chi connectivity index (χ1) is 9.90. The number of thiazole rings is 1. The molecule has 1 atom stereocenters. The summed E-state index contributed by atoms with van der Waals surface area (Å²) in [7, 11) is 0. The van der Waals surface area contributed by atoms with E-state index in [2.05, 4.69) is 46.5 Å². The van der Waals surface area contributed by atoms with Crippen molar-refractivity contribution < 1.29 is 0 Å². The number of hydrogen-bond acceptors (Lipinski definition) is 7. The van der Waals surface area contributed by atoms with Crippen molar-refractivity contribution in [2.24, 2.45) is 5.84 Å². The van der Waals surface area contributed by atoms with Crippen LogP contribution in [0.25, 0.3) is 0 Å². The molecule has 0 radical (unpaired) electrons. The lowest BCUT2D eigenvalue weighted by Gasteiger charge is -2.16. The lowest BCUT2D eigenvalue weighted by molar-refractivity contribution is 0.769. The summed E-state index contributed by atoms with van der Waals surface area (Å²) in [5, 5.41) is 4.48. The van der Waals surface area contributed by atoms with Crippen molar-refractivity contribution in [3.63, 3.8) is 0 Å². The Bertz CT molecular complexity index is 622. The second kappa shape index (κ2) is 6.36. The molecule has 0 aliphatic carbocycles. The number of hydrazine groups is 1. The van der Waals surface area contributed by atoms with Gasteiger partial charge in [0.2, 0.25) is 0 Å². The van der Waals surface area contributed by atoms with Crippen molar-refractivity contribution in [2.75, 3.05) is 10.7 Å². The molecule has 2 rings (SSSR count). The van der Waals surface area contributed by atoms with Crippen molar-refractivity contribution in [1.29, 1.82) is 0 Å². The van der Waals surface area contributed by atoms with Gasteiger partial charge in [0.25, 0.3) is 0 Å². The normalized spacial score (nSPS) is 12.5. The molecule has 2 heterocycles. The third-order valence-electron chi connectivity index (χ3n) is 3.10. The molecule has 4 N–H and O–H groups in total. The molecule has 2 aromatic heterocycles. The van der Waals surface area contributed by atoms with Gasteiger partial charge >= 0.3 is 0 Å². The molecule has 2 aromatic rings. The van der Waals surface area contributed by atoms with Crippen molar-refractivity contribution in [3.05, 3.63) is 27.5 Å². The molecule has 0 aliphatic rings. The van der Waals surface area contributed by atoms with Gasteiger partial charge in [-0.15, -0.1) is 11.3 Å². The highest BCUT2D eigenvalue weighted by atomic mass is 32.1. The lowest BCUT2D eigenvalue weighted by Crippen LogP contribution is -2.14. The quantitative estimate of drug-likeness (QED) is 0.581. The maximum absolute atomic E-state index is 5.48. The first-order valence-corrected chi connectivity index (χ1v) is 7.78. The highest BCUT2D eigenvalue weighted by molar-refractivity contribution is 7.11. The maximum Gasteiger partial charge on any atom is 0.145 e. The fourth-order valence-electron chi connectivity index (χ4n) is 2.11. The first kappa shape index (κ1) is 15.7. The minimum absolute atomic E-state index is 0.136. The molecular weight excluding hydrogens is 284 g/mol. The van der Waals surface area contributed by atoms with Gasteiger partial charge in [-0.2, -0.15) is 0 Å². The van der Waals surface area contributed by atoms with Gasteiger partial charge in [-0.25, -0.2) is 20.8 Å². The Balaban J connectivity index is 2.26. The molecule has 0 aliphatic heterocycles. The molecule has 0 aromatic carbocycles. The van der Waals surface area contributed by atoms with E-state index < -0.39 is 0 Å². The molecule has 0 bridgehead atoms. The molecule has 0 amide bonds. The second-order valence-electron chi connectivity index (χ2n) is 5.34. The van der Waals surface area contributed by atoms with Crippen LogP contribution >= 0.6 is 11.3 Å². The summed E-state index contributed by atoms with van der Waals surface area (Å²) in [5.41, 5.74) is 3.65. The topological polar surface area (TPSA) is 88.8 Å². The number of nitrogens with two attached hydrogens (primary N) is 1. The van der Waals surface area contributed by atoms with Crippen LogP contribution in [0.4, 0.5) is 11.6 Å². The van der Waals surface area contributed by atoms with Gasteiger partial charge in [0.1, 0.15) is 17.5 Å². The Morgan fingerprint density at radius 3 is 2.29 bits per heavy atom. The monoisotopic (exact) mass is 306 g/mol. The average Bonchev–Trinajstić information content (AvgIpc) is 2.77. The number of nitrogen functional groups attached to an aromatic ring is 1. The predicted molar refractivity (Wildman–Crippen MR) is 87.6 cm³/mol. The molecule has 21 heavy (non-hydrogen) atoms. The highest BCUT2D eigenvalue weighted by Crippen LogP contribution is 2.27. The molecule has 0 fully saturated rings. The number of nitrogens with zero attached hydrogens (tertiary/aromatic N) is 3. The van der Waals surface area contributed by atoms with E-state index in [0.29, 0.717) is 5.82 Å². The van der Waals surface area contributed by atoms with Crippen LogP contribution in [0.3, 0.4) is 0 Å². The zero-order chi connectivity index (χ0) is 15.6. The number of anilines is 2. The van der Waals surface area contributed by atoms with Crippen LogP contribution in [0.2, 0.25) is 0 Å². The van der Waals surface area contributed by atoms with Gasteiger partial charge in [-0.3, -0.25) is 0 Å². The van der Waals surface area contributed by atoms with Crippen LogP contribution in [0.15, 0.2) is 6.07 Å². The van der Waals surface area contributed by atoms with Crippen molar-refractivity contribution >= 4 is 23.0 Å². The Labute approximate surface area is 129 Å². The largest absolute Gasteiger partial charge is 0.362 e. The lowest BCUT2D eigenvalue weighted by atomic mass is 10.2. The zero-order valence-corrected chi connectivity index (χ0v) is 13.9. The van der Waals surface area contributed by atoms with Gasteiger partial charge in [0, 0.05) is 16.9 Å². The van der Waals surface area contributed by atoms with E-state index in [-0.39, 0.29) is 12.0 Å². The standard InChI is InChI=1S/C14H22N6S/c1-7(2)14-18-11(6-12(19-14)20-15)17-9(4)13-8(3)16-10(5)21-13/h6-7,9H,15H2,1-5H3,(H2,17,18,19,20). The van der Waals surface area contributed by atoms with Gasteiger partial charge in [-0.1, -0.05) is 13.8 Å². The molecular formula is C14H22N6S. The fraction of sp³-hybridized carbons (Fsp3) is 0.500. The predicted octanol–water partition coefficient (Wildman–Crippen LogP) is 3.13. The van der Waals surface area contributed by atoms with Crippen LogP contribution in [0.1, 0.15) is 54.1 Å². The molecule has 7 heteroatoms. The van der Waals surface area contributed by atoms with E-state index in [1.807, 2.05) is 19.9 Å². The summed E-state index contributed by atoms with van der Waals surface area (Å²) in [6, 6.07) is 1.95. The third-order valence-corrected chi connectivity index (χ3v) is 4.36. The molecule has 0 saturated heterocycles. The van der Waals surface area contributed by atoms with Crippen molar-refractivity contribution in [3.8, 4) is 0 Å². The minimum Gasteiger partial charge on any atom is -0.362 e. The summed E-state index contributed by atoms with van der Waals surface area (Å²) in [5.74, 6) is 7.86. The zero-order valence-electron chi connectivity index (χ0n) is 13.1. The summed E-state index contributed by atoms with van der Waals surface area (Å²) in [4.78, 5) is 14.6. The maximum atomic E-state index is 5.48. The smallest absolute Gasteiger partial charge is 0.145 e. The Morgan fingerprint density at radius 1 is 1.10 bits per heavy atom. The second-order valence-corrected chi connectivity index (χ2v) is 6.58. The van der Waals surface area contributed by atoms with E-state index in [0.717, 1.165) is 22.3 Å². The SMILES string of the molecule is Cc1nc(C)c(C(C)Nc2cc(NN)nc(C(C)C)n2)s1. The van der Waals surface area contributed by atoms with E-state index in [4.69, 9.17) is 5.84 Å². The first-order valence-electron chi connectivity index (χ1n) is 6.96. The number of hydrogen-bond donors (Lipinski definition) is 3. The van der Waals surface area contributed by atoms with Gasteiger partial charge < -0.3 is 10.7 Å². The van der Waals surface area contributed by atoms with Crippen LogP contribution in [0, 0.1) is 13.8 Å². The summed E-state index contributed by atoms with van der Waals surface area (Å²) in [6.45, 7) is 10.3. The Morgan fingerprint density at radius 2 is 1.76 bits per heavy atom. The number of aryl methyl sites for hydroxylation is 2. The molecule has 6 nitrogen and oxygen atoms in total. The molecule has 114 valence electrons. The van der Waals surface area contributed by atoms with Crippen LogP contribution in [-0.2, 0) is 0 Å². The molecule has 1 unspecified atom stereocenters. The number of nitrogens with one attached hydrogen (secondary N) is 2. The average molecular weight is 306 g/mol. The third kappa shape index (κ3) is 3.68. The van der Waals surface area contributed by atoms with Gasteiger partial charge in [0.15, 0.2) is 0 Å². The van der Waals surface area contributed by atoms with E-state index >= 15 is 0 Å². The Hall–Kier alpha value is -1.73. The van der Waals surface area contributed by atoms with Gasteiger partial charge in [-0.05, 0) is 20.8 Å². The summed E-state index contributed by atoms with van der Waals surface area (Å²) in [6.07, 6.45) is 0. The molecule has 0 spiro atoms. The van der Waals surface area contributed by atoms with Crippen molar-refractivity contribution in [2.45, 2.75) is 46.6 Å².